The van der Waals surface area contributed by atoms with Crippen LogP contribution in [0.3, 0.4) is 0 Å². The molecule has 1 aromatic rings. The molecule has 4 aliphatic heterocycles. The Kier molecular flexibility index (Phi) is 17.5. The van der Waals surface area contributed by atoms with Crippen LogP contribution in [0.4, 0.5) is 0 Å². The number of aliphatic hydroxyl groups is 7. The molecule has 5 heterocycles. The van der Waals surface area contributed by atoms with Gasteiger partial charge in [-0.15, -0.1) is 23.1 Å². The Balaban J connectivity index is 0.000000270. The molecule has 0 bridgehead atoms. The van der Waals surface area contributed by atoms with Gasteiger partial charge < -0.3 is 97.3 Å². The van der Waals surface area contributed by atoms with Gasteiger partial charge in [0.05, 0.1) is 43.4 Å². The van der Waals surface area contributed by atoms with Crippen LogP contribution in [0.5, 0.6) is 0 Å². The van der Waals surface area contributed by atoms with E-state index in [0.717, 1.165) is 9.78 Å². The number of likely N-dealkylation sites (N-methyl/N-ethyl adjacent to an activating group) is 1. The summed E-state index contributed by atoms with van der Waals surface area (Å²) in [5.41, 5.74) is 8.58. The van der Waals surface area contributed by atoms with Crippen LogP contribution in [-0.4, -0.2) is 216 Å². The van der Waals surface area contributed by atoms with Crippen molar-refractivity contribution in [1.82, 2.24) is 26.2 Å². The van der Waals surface area contributed by atoms with Crippen molar-refractivity contribution >= 4 is 65.1 Å². The summed E-state index contributed by atoms with van der Waals surface area (Å²) in [7, 11) is 1.41. The molecule has 0 aromatic carbocycles. The molecule has 3 saturated heterocycles. The molecule has 5 aliphatic rings. The average molecular weight is 978 g/mol. The van der Waals surface area contributed by atoms with Crippen LogP contribution >= 0.6 is 23.1 Å². The number of hydrogen-bond donors (Lipinski definition) is 16. The van der Waals surface area contributed by atoms with Crippen LogP contribution in [0, 0.1) is 10.8 Å². The largest absolute Gasteiger partial charge is 0.477 e. The Hall–Kier alpha value is -4.60. The van der Waals surface area contributed by atoms with Gasteiger partial charge in [-0.1, -0.05) is 6.07 Å². The number of nitrogens with zero attached hydrogens (tertiary/aromatic N) is 1. The SMILES string of the molecule is CC(=O)OCC1=C(C(=O)O)N2C(=O)[C@@H](NC(=O)Cc3cccs3)[C@H]2SC1.CN[C@@H]1[C@H](O[C@H]2[C@H](O[C@H]3[C@H](O)[C@@H](O)[C@H](NC(=N)N)[C@@H](O)[C@@H]3NC(=N)N)O[C@@H](C)[C@]2(O)C=O)O[C@@H](CO)[C@H](O)[C@H]1O. The van der Waals surface area contributed by atoms with E-state index < -0.39 is 139 Å². The lowest BCUT2D eigenvalue weighted by molar-refractivity contribution is -0.314. The number of nitrogens with two attached hydrogens (primary N) is 2. The number of esters is 1. The number of hydrogen-bond acceptors (Lipinski definition) is 22. The second kappa shape index (κ2) is 22.0. The number of thiophene rings is 1. The van der Waals surface area contributed by atoms with E-state index in [1.165, 1.54) is 44.0 Å². The first-order valence-corrected chi connectivity index (χ1v) is 22.1. The minimum absolute atomic E-state index is 0.136. The maximum absolute atomic E-state index is 12.4. The van der Waals surface area contributed by atoms with E-state index in [0.29, 0.717) is 11.3 Å². The minimum Gasteiger partial charge on any atom is -0.477 e. The summed E-state index contributed by atoms with van der Waals surface area (Å²) in [6, 6.07) is -1.03. The van der Waals surface area contributed by atoms with Crippen LogP contribution in [0.15, 0.2) is 28.8 Å². The fourth-order valence-electron chi connectivity index (χ4n) is 7.96. The molecular formula is C37H55N9O18S2. The van der Waals surface area contributed by atoms with Crippen molar-refractivity contribution in [3.05, 3.63) is 33.7 Å². The fraction of sp³-hybridized carbons (Fsp3) is 0.649. The summed E-state index contributed by atoms with van der Waals surface area (Å²) in [6.07, 6.45) is -17.1. The van der Waals surface area contributed by atoms with E-state index in [9.17, 15) is 64.8 Å². The fourth-order valence-corrected chi connectivity index (χ4v) is 9.99. The van der Waals surface area contributed by atoms with Gasteiger partial charge in [0.25, 0.3) is 5.91 Å². The van der Waals surface area contributed by atoms with Gasteiger partial charge in [-0.2, -0.15) is 0 Å². The maximum atomic E-state index is 12.4. The van der Waals surface area contributed by atoms with Crippen molar-refractivity contribution in [3.8, 4) is 0 Å². The number of β-lactam (4-membered cyclic amide) rings is 1. The van der Waals surface area contributed by atoms with Gasteiger partial charge in [-0.3, -0.25) is 34.9 Å². The zero-order valence-electron chi connectivity index (χ0n) is 35.5. The van der Waals surface area contributed by atoms with Crippen molar-refractivity contribution in [1.29, 1.82) is 10.8 Å². The predicted octanol–water partition coefficient (Wildman–Crippen LogP) is -7.15. The summed E-state index contributed by atoms with van der Waals surface area (Å²) in [5, 5.41) is 110. The standard InChI is InChI=1S/C21H39N7O12.C16H16N2O6S2/c1-5-21(36,4-30)16(40-17-9(26-2)13(34)10(31)6(3-29)38-17)18(37-5)39-15-8(28-20(24)25)11(32)7(27-19(22)23)12(33)14(15)35;1-8(19)24-6-9-7-26-15-12(14(21)18(15)13(9)16(22)23)17-11(20)5-10-3-2-4-25-10/h4-18,26,29,31-36H,3H2,1-2H3,(H4,22,23,27)(H4,24,25,28);2-4,12,15H,5-7H2,1H3,(H,17,20)(H,22,23)/t5-,6-,7+,8-,9-,10-,11+,12-,13-,14+,15+,16-,17-,18-,21+;12-,15-/m01/s1. The van der Waals surface area contributed by atoms with Crippen LogP contribution in [0.1, 0.15) is 18.7 Å². The summed E-state index contributed by atoms with van der Waals surface area (Å²) >= 11 is 2.79. The molecule has 368 valence electrons. The van der Waals surface area contributed by atoms with E-state index >= 15 is 0 Å². The Labute approximate surface area is 383 Å². The van der Waals surface area contributed by atoms with Gasteiger partial charge >= 0.3 is 11.9 Å². The number of nitrogens with one attached hydrogen (secondary N) is 6. The quantitative estimate of drug-likeness (QED) is 0.0255. The molecule has 4 fully saturated rings. The number of aliphatic carboxylic acids is 1. The van der Waals surface area contributed by atoms with E-state index in [2.05, 4.69) is 21.3 Å². The molecule has 27 nitrogen and oxygen atoms in total. The molecule has 1 aliphatic carbocycles. The number of carbonyl (C=O) groups is 5. The number of carboxylic acids is 1. The predicted molar refractivity (Wildman–Crippen MR) is 226 cm³/mol. The third-order valence-electron chi connectivity index (χ3n) is 11.4. The van der Waals surface area contributed by atoms with Crippen molar-refractivity contribution in [2.75, 3.05) is 26.0 Å². The van der Waals surface area contributed by atoms with E-state index in [-0.39, 0.29) is 30.9 Å². The van der Waals surface area contributed by atoms with Crippen LogP contribution in [0.25, 0.3) is 0 Å². The lowest BCUT2D eigenvalue weighted by atomic mass is 9.81. The second-order valence-corrected chi connectivity index (χ2v) is 17.9. The number of thioether (sulfide) groups is 1. The van der Waals surface area contributed by atoms with Gasteiger partial charge in [-0.05, 0) is 25.4 Å². The van der Waals surface area contributed by atoms with Gasteiger partial charge in [0.1, 0.15) is 66.4 Å². The number of carboxylic acid groups (broad SMARTS) is 1. The topological polar surface area (TPSA) is 444 Å². The summed E-state index contributed by atoms with van der Waals surface area (Å²) in [4.78, 5) is 61.2. The molecule has 18 N–H and O–H groups in total. The number of rotatable bonds is 15. The van der Waals surface area contributed by atoms with Crippen molar-refractivity contribution in [2.45, 2.75) is 123 Å². The second-order valence-electron chi connectivity index (χ2n) is 15.7. The molecule has 0 unspecified atom stereocenters. The number of guanidine groups is 2. The maximum Gasteiger partial charge on any atom is 0.352 e. The minimum atomic E-state index is -2.39. The van der Waals surface area contributed by atoms with Gasteiger partial charge in [0, 0.05) is 23.1 Å². The molecule has 1 aromatic heterocycles. The lowest BCUT2D eigenvalue weighted by Crippen LogP contribution is -2.73. The van der Waals surface area contributed by atoms with Crippen molar-refractivity contribution in [2.24, 2.45) is 11.5 Å². The molecule has 2 amide bonds. The number of aldehydes is 1. The highest BCUT2D eigenvalue weighted by Gasteiger charge is 2.61. The summed E-state index contributed by atoms with van der Waals surface area (Å²) < 4.78 is 27.8. The smallest absolute Gasteiger partial charge is 0.352 e. The average Bonchev–Trinajstić information content (AvgIpc) is 3.86. The first-order chi connectivity index (χ1) is 31.1. The van der Waals surface area contributed by atoms with Crippen molar-refractivity contribution in [3.63, 3.8) is 0 Å². The Morgan fingerprint density at radius 2 is 1.62 bits per heavy atom. The summed E-state index contributed by atoms with van der Waals surface area (Å²) in [6.45, 7) is 1.67. The third-order valence-corrected chi connectivity index (χ3v) is 13.6. The number of amides is 2. The van der Waals surface area contributed by atoms with Gasteiger partial charge in [0.2, 0.25) is 5.91 Å². The van der Waals surface area contributed by atoms with E-state index in [1.54, 1.807) is 0 Å². The van der Waals surface area contributed by atoms with Crippen LogP contribution in [-0.2, 0) is 54.1 Å². The van der Waals surface area contributed by atoms with E-state index in [1.807, 2.05) is 17.5 Å². The highest BCUT2D eigenvalue weighted by Crippen LogP contribution is 2.41. The van der Waals surface area contributed by atoms with Gasteiger partial charge in [0.15, 0.2) is 36.4 Å². The highest BCUT2D eigenvalue weighted by molar-refractivity contribution is 8.00. The van der Waals surface area contributed by atoms with Crippen molar-refractivity contribution < 1.29 is 88.5 Å². The molecular weight excluding hydrogens is 923 g/mol. The van der Waals surface area contributed by atoms with E-state index in [4.69, 9.17) is 46.0 Å². The lowest BCUT2D eigenvalue weighted by Gasteiger charge is -2.49. The third kappa shape index (κ3) is 11.1. The number of aliphatic hydroxyl groups excluding tert-OH is 6. The molecule has 29 heteroatoms. The molecule has 0 spiro atoms. The Morgan fingerprint density at radius 1 is 0.970 bits per heavy atom. The number of ether oxygens (including phenoxy) is 5. The Bertz CT molecular complexity index is 1990. The molecule has 6 rings (SSSR count). The van der Waals surface area contributed by atoms with Gasteiger partial charge in [-0.25, -0.2) is 4.79 Å². The Morgan fingerprint density at radius 3 is 2.18 bits per heavy atom. The highest BCUT2D eigenvalue weighted by atomic mass is 32.2. The molecule has 66 heavy (non-hydrogen) atoms. The van der Waals surface area contributed by atoms with Crippen LogP contribution < -0.4 is 32.7 Å². The summed E-state index contributed by atoms with van der Waals surface area (Å²) in [5.74, 6) is -3.51. The molecule has 17 atom stereocenters. The monoisotopic (exact) mass is 977 g/mol. The first-order valence-electron chi connectivity index (χ1n) is 20.1. The zero-order chi connectivity index (χ0) is 48.9. The molecule has 1 saturated carbocycles. The number of fused-ring (bicyclic) bond motifs is 1. The zero-order valence-corrected chi connectivity index (χ0v) is 37.1. The van der Waals surface area contributed by atoms with Crippen LogP contribution in [0.2, 0.25) is 0 Å². The number of carbonyl (C=O) groups excluding carboxylic acids is 4. The first kappa shape index (κ1) is 52.4. The normalized spacial score (nSPS) is 37.3. The molecule has 0 radical (unpaired) electrons.